The van der Waals surface area contributed by atoms with Gasteiger partial charge in [-0.3, -0.25) is 9.59 Å². The standard InChI is InChI=1S/C22H20FN3O2S/c1-14-20(16-7-9-18(23)10-8-16)24-22(29-14)25-21(28)17-11-19(27)26(13-17)12-15-5-3-2-4-6-15/h2-10,17H,11-13H2,1H3,(H,24,25,28). The summed E-state index contributed by atoms with van der Waals surface area (Å²) >= 11 is 1.37. The van der Waals surface area contributed by atoms with Gasteiger partial charge in [-0.1, -0.05) is 30.3 Å². The topological polar surface area (TPSA) is 62.3 Å². The van der Waals surface area contributed by atoms with Crippen LogP contribution in [0, 0.1) is 18.7 Å². The van der Waals surface area contributed by atoms with Crippen LogP contribution in [-0.2, 0) is 16.1 Å². The lowest BCUT2D eigenvalue weighted by Gasteiger charge is -2.16. The molecule has 148 valence electrons. The zero-order valence-electron chi connectivity index (χ0n) is 15.9. The summed E-state index contributed by atoms with van der Waals surface area (Å²) < 4.78 is 13.1. The van der Waals surface area contributed by atoms with Crippen molar-refractivity contribution in [3.05, 3.63) is 70.9 Å². The van der Waals surface area contributed by atoms with Gasteiger partial charge in [0.25, 0.3) is 0 Å². The molecule has 1 fully saturated rings. The molecule has 3 aromatic rings. The first-order valence-corrected chi connectivity index (χ1v) is 10.2. The van der Waals surface area contributed by atoms with Crippen LogP contribution in [0.25, 0.3) is 11.3 Å². The minimum absolute atomic E-state index is 0.0173. The molecule has 2 amide bonds. The second-order valence-corrected chi connectivity index (χ2v) is 8.28. The average Bonchev–Trinajstić information content (AvgIpc) is 3.26. The van der Waals surface area contributed by atoms with E-state index in [1.54, 1.807) is 17.0 Å². The van der Waals surface area contributed by atoms with Crippen LogP contribution in [-0.4, -0.2) is 28.2 Å². The minimum atomic E-state index is -0.398. The van der Waals surface area contributed by atoms with Crippen LogP contribution in [0.4, 0.5) is 9.52 Å². The lowest BCUT2D eigenvalue weighted by Crippen LogP contribution is -2.28. The van der Waals surface area contributed by atoms with E-state index in [-0.39, 0.29) is 24.1 Å². The van der Waals surface area contributed by atoms with Gasteiger partial charge in [-0.15, -0.1) is 11.3 Å². The number of hydrogen-bond acceptors (Lipinski definition) is 4. The summed E-state index contributed by atoms with van der Waals surface area (Å²) in [7, 11) is 0. The highest BCUT2D eigenvalue weighted by atomic mass is 32.1. The molecule has 0 saturated carbocycles. The van der Waals surface area contributed by atoms with E-state index in [1.807, 2.05) is 37.3 Å². The summed E-state index contributed by atoms with van der Waals surface area (Å²) in [5, 5.41) is 3.33. The largest absolute Gasteiger partial charge is 0.338 e. The van der Waals surface area contributed by atoms with Crippen molar-refractivity contribution in [2.24, 2.45) is 5.92 Å². The Kier molecular flexibility index (Phi) is 5.40. The second kappa shape index (κ2) is 8.13. The van der Waals surface area contributed by atoms with Crippen molar-refractivity contribution >= 4 is 28.3 Å². The van der Waals surface area contributed by atoms with Crippen molar-refractivity contribution in [1.29, 1.82) is 0 Å². The second-order valence-electron chi connectivity index (χ2n) is 7.08. The fourth-order valence-electron chi connectivity index (χ4n) is 3.44. The number of hydrogen-bond donors (Lipinski definition) is 1. The molecule has 0 bridgehead atoms. The Morgan fingerprint density at radius 3 is 2.66 bits per heavy atom. The van der Waals surface area contributed by atoms with E-state index in [1.165, 1.54) is 23.5 Å². The number of thiazole rings is 1. The first-order valence-electron chi connectivity index (χ1n) is 9.35. The summed E-state index contributed by atoms with van der Waals surface area (Å²) in [5.74, 6) is -0.921. The fraction of sp³-hybridized carbons (Fsp3) is 0.227. The molecule has 1 aliphatic rings. The summed E-state index contributed by atoms with van der Waals surface area (Å²) in [5.41, 5.74) is 2.56. The third kappa shape index (κ3) is 4.35. The maximum atomic E-state index is 13.1. The molecule has 1 N–H and O–H groups in total. The van der Waals surface area contributed by atoms with Gasteiger partial charge in [-0.05, 0) is 36.8 Å². The Labute approximate surface area is 172 Å². The van der Waals surface area contributed by atoms with E-state index < -0.39 is 5.92 Å². The molecule has 0 aliphatic carbocycles. The highest BCUT2D eigenvalue weighted by molar-refractivity contribution is 7.16. The molecule has 0 radical (unpaired) electrons. The number of nitrogens with one attached hydrogen (secondary N) is 1. The first kappa shape index (κ1) is 19.3. The molecule has 2 aromatic carbocycles. The van der Waals surface area contributed by atoms with E-state index in [0.717, 1.165) is 21.7 Å². The molecule has 0 spiro atoms. The summed E-state index contributed by atoms with van der Waals surface area (Å²) in [6.07, 6.45) is 0.202. The zero-order chi connectivity index (χ0) is 20.4. The number of anilines is 1. The SMILES string of the molecule is Cc1sc(NC(=O)C2CC(=O)N(Cc3ccccc3)C2)nc1-c1ccc(F)cc1. The molecule has 1 aliphatic heterocycles. The lowest BCUT2D eigenvalue weighted by atomic mass is 10.1. The minimum Gasteiger partial charge on any atom is -0.338 e. The van der Waals surface area contributed by atoms with Gasteiger partial charge < -0.3 is 10.2 Å². The third-order valence-electron chi connectivity index (χ3n) is 4.95. The molecule has 5 nitrogen and oxygen atoms in total. The third-order valence-corrected chi connectivity index (χ3v) is 5.83. The smallest absolute Gasteiger partial charge is 0.231 e. The molecule has 7 heteroatoms. The maximum absolute atomic E-state index is 13.1. The molecule has 1 unspecified atom stereocenters. The van der Waals surface area contributed by atoms with Crippen LogP contribution >= 0.6 is 11.3 Å². The number of halogens is 1. The number of rotatable bonds is 5. The Bertz CT molecular complexity index is 1030. The molecule has 1 atom stereocenters. The molecular formula is C22H20FN3O2S. The monoisotopic (exact) mass is 409 g/mol. The number of nitrogens with zero attached hydrogens (tertiary/aromatic N) is 2. The van der Waals surface area contributed by atoms with Gasteiger partial charge >= 0.3 is 0 Å². The van der Waals surface area contributed by atoms with Gasteiger partial charge in [-0.25, -0.2) is 9.37 Å². The van der Waals surface area contributed by atoms with Gasteiger partial charge in [0.05, 0.1) is 11.6 Å². The van der Waals surface area contributed by atoms with Crippen molar-refractivity contribution in [2.45, 2.75) is 19.9 Å². The van der Waals surface area contributed by atoms with Crippen LogP contribution < -0.4 is 5.32 Å². The number of aryl methyl sites for hydroxylation is 1. The molecule has 1 aromatic heterocycles. The van der Waals surface area contributed by atoms with E-state index in [0.29, 0.717) is 18.2 Å². The Balaban J connectivity index is 1.41. The Hall–Kier alpha value is -3.06. The van der Waals surface area contributed by atoms with Gasteiger partial charge in [-0.2, -0.15) is 0 Å². The van der Waals surface area contributed by atoms with Crippen LogP contribution in [0.3, 0.4) is 0 Å². The number of aromatic nitrogens is 1. The van der Waals surface area contributed by atoms with Crippen LogP contribution in [0.15, 0.2) is 54.6 Å². The van der Waals surface area contributed by atoms with Crippen molar-refractivity contribution in [1.82, 2.24) is 9.88 Å². The normalized spacial score (nSPS) is 16.3. The van der Waals surface area contributed by atoms with E-state index >= 15 is 0 Å². The summed E-state index contributed by atoms with van der Waals surface area (Å²) in [4.78, 5) is 32.1. The molecule has 1 saturated heterocycles. The zero-order valence-corrected chi connectivity index (χ0v) is 16.7. The van der Waals surface area contributed by atoms with Crippen LogP contribution in [0.5, 0.6) is 0 Å². The summed E-state index contributed by atoms with van der Waals surface area (Å²) in [6.45, 7) is 2.82. The summed E-state index contributed by atoms with van der Waals surface area (Å²) in [6, 6.07) is 15.8. The first-order chi connectivity index (χ1) is 14.0. The maximum Gasteiger partial charge on any atom is 0.231 e. The van der Waals surface area contributed by atoms with Crippen molar-refractivity contribution in [3.8, 4) is 11.3 Å². The van der Waals surface area contributed by atoms with Crippen LogP contribution in [0.1, 0.15) is 16.9 Å². The van der Waals surface area contributed by atoms with E-state index in [4.69, 9.17) is 0 Å². The molecule has 4 rings (SSSR count). The number of carbonyl (C=O) groups excluding carboxylic acids is 2. The van der Waals surface area contributed by atoms with Crippen molar-refractivity contribution < 1.29 is 14.0 Å². The van der Waals surface area contributed by atoms with Crippen molar-refractivity contribution in [2.75, 3.05) is 11.9 Å². The predicted octanol–water partition coefficient (Wildman–Crippen LogP) is 4.24. The molecule has 29 heavy (non-hydrogen) atoms. The number of likely N-dealkylation sites (tertiary alicyclic amines) is 1. The van der Waals surface area contributed by atoms with Gasteiger partial charge in [0.2, 0.25) is 11.8 Å². The molecular weight excluding hydrogens is 389 g/mol. The average molecular weight is 409 g/mol. The Morgan fingerprint density at radius 1 is 1.21 bits per heavy atom. The quantitative estimate of drug-likeness (QED) is 0.685. The number of amides is 2. The highest BCUT2D eigenvalue weighted by Crippen LogP contribution is 2.31. The molecule has 2 heterocycles. The lowest BCUT2D eigenvalue weighted by molar-refractivity contribution is -0.128. The van der Waals surface area contributed by atoms with Gasteiger partial charge in [0, 0.05) is 30.0 Å². The van der Waals surface area contributed by atoms with Gasteiger partial charge in [0.1, 0.15) is 5.82 Å². The Morgan fingerprint density at radius 2 is 1.93 bits per heavy atom. The predicted molar refractivity (Wildman–Crippen MR) is 111 cm³/mol. The van der Waals surface area contributed by atoms with E-state index in [9.17, 15) is 14.0 Å². The van der Waals surface area contributed by atoms with E-state index in [2.05, 4.69) is 10.3 Å². The van der Waals surface area contributed by atoms with Crippen molar-refractivity contribution in [3.63, 3.8) is 0 Å². The number of carbonyl (C=O) groups is 2. The van der Waals surface area contributed by atoms with Crippen LogP contribution in [0.2, 0.25) is 0 Å². The van der Waals surface area contributed by atoms with Gasteiger partial charge in [0.15, 0.2) is 5.13 Å². The highest BCUT2D eigenvalue weighted by Gasteiger charge is 2.34. The fourth-order valence-corrected chi connectivity index (χ4v) is 4.28. The number of benzene rings is 2.